The zero-order chi connectivity index (χ0) is 9.14. The van der Waals surface area contributed by atoms with Gasteiger partial charge in [-0.25, -0.2) is 0 Å². The fraction of sp³-hybridized carbons (Fsp3) is 0.125. The highest BCUT2D eigenvalue weighted by molar-refractivity contribution is 5.88. The topological polar surface area (TPSA) is 78.2 Å². The molecule has 0 radical (unpaired) electrons. The van der Waals surface area contributed by atoms with E-state index in [1.165, 1.54) is 6.07 Å². The van der Waals surface area contributed by atoms with Gasteiger partial charge in [-0.3, -0.25) is 5.84 Å². The van der Waals surface area contributed by atoms with Crippen molar-refractivity contribution >= 4 is 11.7 Å². The van der Waals surface area contributed by atoms with Crippen LogP contribution in [0.5, 0.6) is 0 Å². The van der Waals surface area contributed by atoms with Crippen LogP contribution in [0.3, 0.4) is 0 Å². The first kappa shape index (κ1) is 8.55. The molecule has 0 aliphatic carbocycles. The number of carboxylic acid groups (broad SMARTS) is 1. The number of carbonyl (C=O) groups is 1. The van der Waals surface area contributed by atoms with Gasteiger partial charge >= 0.3 is 0 Å². The maximum Gasteiger partial charge on any atom is 0.0718 e. The monoisotopic (exact) mass is 165 g/mol. The molecule has 0 amide bonds. The first-order valence-electron chi connectivity index (χ1n) is 3.43. The first-order valence-corrected chi connectivity index (χ1v) is 3.43. The van der Waals surface area contributed by atoms with E-state index in [1.54, 1.807) is 19.1 Å². The number of hydrogen-bond acceptors (Lipinski definition) is 4. The Morgan fingerprint density at radius 2 is 2.25 bits per heavy atom. The molecule has 1 rings (SSSR count). The van der Waals surface area contributed by atoms with E-state index in [4.69, 9.17) is 5.84 Å². The molecular weight excluding hydrogens is 156 g/mol. The highest BCUT2D eigenvalue weighted by atomic mass is 16.4. The molecule has 0 heterocycles. The van der Waals surface area contributed by atoms with Gasteiger partial charge in [-0.15, -0.1) is 0 Å². The second-order valence-corrected chi connectivity index (χ2v) is 2.46. The van der Waals surface area contributed by atoms with Gasteiger partial charge in [-0.2, -0.15) is 0 Å². The Bertz CT molecular complexity index is 310. The Labute approximate surface area is 70.0 Å². The molecule has 1 aromatic rings. The Morgan fingerprint density at radius 3 is 2.67 bits per heavy atom. The van der Waals surface area contributed by atoms with Gasteiger partial charge in [-0.1, -0.05) is 6.07 Å². The number of aryl methyl sites for hydroxylation is 1. The number of nitrogens with two attached hydrogens (primary N) is 1. The molecule has 4 heteroatoms. The van der Waals surface area contributed by atoms with Crippen molar-refractivity contribution in [1.29, 1.82) is 0 Å². The van der Waals surface area contributed by atoms with Gasteiger partial charge in [0.05, 0.1) is 5.97 Å². The molecule has 0 atom stereocenters. The maximum atomic E-state index is 10.5. The van der Waals surface area contributed by atoms with Crippen LogP contribution in [0.15, 0.2) is 18.2 Å². The van der Waals surface area contributed by atoms with Crippen molar-refractivity contribution in [2.75, 3.05) is 5.43 Å². The molecular formula is C8H9N2O2-. The Kier molecular flexibility index (Phi) is 2.30. The summed E-state index contributed by atoms with van der Waals surface area (Å²) in [5.74, 6) is 3.96. The third-order valence-electron chi connectivity index (χ3n) is 1.61. The lowest BCUT2D eigenvalue weighted by atomic mass is 10.1. The standard InChI is InChI=1S/C8H10N2O2/c1-5-4-6(10-9)2-3-7(5)8(11)12/h2-4,10H,9H2,1H3,(H,11,12)/p-1. The van der Waals surface area contributed by atoms with E-state index in [2.05, 4.69) is 5.43 Å². The van der Waals surface area contributed by atoms with E-state index in [0.717, 1.165) is 0 Å². The summed E-state index contributed by atoms with van der Waals surface area (Å²) < 4.78 is 0. The number of nitrogens with one attached hydrogen (secondary N) is 1. The number of rotatable bonds is 2. The van der Waals surface area contributed by atoms with Crippen LogP contribution in [-0.4, -0.2) is 5.97 Å². The van der Waals surface area contributed by atoms with Gasteiger partial charge in [0, 0.05) is 11.3 Å². The van der Waals surface area contributed by atoms with Crippen molar-refractivity contribution in [2.24, 2.45) is 5.84 Å². The molecule has 0 aliphatic rings. The van der Waals surface area contributed by atoms with E-state index < -0.39 is 5.97 Å². The van der Waals surface area contributed by atoms with E-state index in [0.29, 0.717) is 11.3 Å². The summed E-state index contributed by atoms with van der Waals surface area (Å²) in [6.07, 6.45) is 0. The zero-order valence-corrected chi connectivity index (χ0v) is 6.63. The lowest BCUT2D eigenvalue weighted by Gasteiger charge is -2.08. The number of aromatic carboxylic acids is 1. The lowest BCUT2D eigenvalue weighted by Crippen LogP contribution is -2.23. The molecule has 1 aromatic carbocycles. The number of benzene rings is 1. The number of hydrazine groups is 1. The summed E-state index contributed by atoms with van der Waals surface area (Å²) in [6.45, 7) is 1.69. The number of anilines is 1. The van der Waals surface area contributed by atoms with Gasteiger partial charge in [0.1, 0.15) is 0 Å². The van der Waals surface area contributed by atoms with Crippen molar-refractivity contribution in [3.05, 3.63) is 29.3 Å². The minimum Gasteiger partial charge on any atom is -0.545 e. The van der Waals surface area contributed by atoms with Crippen molar-refractivity contribution in [1.82, 2.24) is 0 Å². The van der Waals surface area contributed by atoms with Crippen LogP contribution in [0, 0.1) is 6.92 Å². The molecule has 64 valence electrons. The number of carbonyl (C=O) groups excluding carboxylic acids is 1. The molecule has 0 fully saturated rings. The summed E-state index contributed by atoms with van der Waals surface area (Å²) in [6, 6.07) is 4.68. The lowest BCUT2D eigenvalue weighted by molar-refractivity contribution is -0.255. The summed E-state index contributed by atoms with van der Waals surface area (Å²) in [5.41, 5.74) is 3.92. The van der Waals surface area contributed by atoms with E-state index >= 15 is 0 Å². The molecule has 0 aliphatic heterocycles. The van der Waals surface area contributed by atoms with Crippen molar-refractivity contribution in [3.63, 3.8) is 0 Å². The predicted octanol–water partition coefficient (Wildman–Crippen LogP) is -0.356. The molecule has 0 saturated heterocycles. The number of nitrogen functional groups attached to an aromatic ring is 1. The van der Waals surface area contributed by atoms with Crippen LogP contribution in [0.25, 0.3) is 0 Å². The van der Waals surface area contributed by atoms with Gasteiger partial charge in [0.15, 0.2) is 0 Å². The molecule has 12 heavy (non-hydrogen) atoms. The normalized spacial score (nSPS) is 9.50. The van der Waals surface area contributed by atoms with Crippen LogP contribution in [0.4, 0.5) is 5.69 Å². The van der Waals surface area contributed by atoms with Crippen LogP contribution >= 0.6 is 0 Å². The quantitative estimate of drug-likeness (QED) is 0.463. The minimum absolute atomic E-state index is 0.189. The Morgan fingerprint density at radius 1 is 1.58 bits per heavy atom. The molecule has 0 unspecified atom stereocenters. The van der Waals surface area contributed by atoms with E-state index in [-0.39, 0.29) is 5.56 Å². The largest absolute Gasteiger partial charge is 0.545 e. The fourth-order valence-corrected chi connectivity index (χ4v) is 0.982. The van der Waals surface area contributed by atoms with Crippen molar-refractivity contribution < 1.29 is 9.90 Å². The smallest absolute Gasteiger partial charge is 0.0718 e. The summed E-state index contributed by atoms with van der Waals surface area (Å²) in [4.78, 5) is 10.5. The van der Waals surface area contributed by atoms with Crippen LogP contribution in [-0.2, 0) is 0 Å². The molecule has 0 spiro atoms. The molecule has 4 nitrogen and oxygen atoms in total. The highest BCUT2D eigenvalue weighted by Crippen LogP contribution is 2.13. The maximum absolute atomic E-state index is 10.5. The highest BCUT2D eigenvalue weighted by Gasteiger charge is 1.98. The third kappa shape index (κ3) is 1.54. The van der Waals surface area contributed by atoms with Crippen molar-refractivity contribution in [2.45, 2.75) is 6.92 Å². The third-order valence-corrected chi connectivity index (χ3v) is 1.61. The number of hydrogen-bond donors (Lipinski definition) is 2. The molecule has 0 saturated carbocycles. The minimum atomic E-state index is -1.17. The zero-order valence-electron chi connectivity index (χ0n) is 6.63. The predicted molar refractivity (Wildman–Crippen MR) is 43.3 cm³/mol. The second-order valence-electron chi connectivity index (χ2n) is 2.46. The second kappa shape index (κ2) is 3.23. The van der Waals surface area contributed by atoms with Crippen LogP contribution in [0.2, 0.25) is 0 Å². The first-order chi connectivity index (χ1) is 5.65. The van der Waals surface area contributed by atoms with Crippen molar-refractivity contribution in [3.8, 4) is 0 Å². The molecule has 3 N–H and O–H groups in total. The average molecular weight is 165 g/mol. The Hall–Kier alpha value is -1.55. The van der Waals surface area contributed by atoms with Crippen LogP contribution in [0.1, 0.15) is 15.9 Å². The molecule has 0 bridgehead atoms. The Balaban J connectivity index is 3.12. The fourth-order valence-electron chi connectivity index (χ4n) is 0.982. The van der Waals surface area contributed by atoms with E-state index in [9.17, 15) is 9.90 Å². The summed E-state index contributed by atoms with van der Waals surface area (Å²) in [7, 11) is 0. The van der Waals surface area contributed by atoms with Gasteiger partial charge in [0.25, 0.3) is 0 Å². The molecule has 0 aromatic heterocycles. The average Bonchev–Trinajstić information content (AvgIpc) is 2.03. The van der Waals surface area contributed by atoms with Gasteiger partial charge < -0.3 is 15.3 Å². The SMILES string of the molecule is Cc1cc(NN)ccc1C(=O)[O-]. The summed E-state index contributed by atoms with van der Waals surface area (Å²) >= 11 is 0. The summed E-state index contributed by atoms with van der Waals surface area (Å²) in [5, 5.41) is 10.5. The number of carboxylic acids is 1. The van der Waals surface area contributed by atoms with Gasteiger partial charge in [0.2, 0.25) is 0 Å². The van der Waals surface area contributed by atoms with Crippen LogP contribution < -0.4 is 16.4 Å². The van der Waals surface area contributed by atoms with E-state index in [1.807, 2.05) is 0 Å². The van der Waals surface area contributed by atoms with Gasteiger partial charge in [-0.05, 0) is 24.6 Å².